The second-order valence-corrected chi connectivity index (χ2v) is 5.50. The van der Waals surface area contributed by atoms with E-state index in [-0.39, 0.29) is 24.4 Å². The summed E-state index contributed by atoms with van der Waals surface area (Å²) in [5, 5.41) is 17.0. The van der Waals surface area contributed by atoms with Crippen molar-refractivity contribution in [3.8, 4) is 0 Å². The summed E-state index contributed by atoms with van der Waals surface area (Å²) in [5.41, 5.74) is 0. The Morgan fingerprint density at radius 2 is 2.21 bits per heavy atom. The Morgan fingerprint density at radius 1 is 1.47 bits per heavy atom. The number of hydrogen-bond donors (Lipinski definition) is 3. The number of aliphatic carboxylic acids is 1. The number of aromatic nitrogens is 1. The Hall–Kier alpha value is -1.63. The maximum absolute atomic E-state index is 11.6. The number of nitrogens with one attached hydrogen (secondary N) is 2. The number of thiazole rings is 1. The minimum absolute atomic E-state index is 0.0702. The molecule has 1 aromatic rings. The van der Waals surface area contributed by atoms with Crippen LogP contribution in [0.4, 0.5) is 4.79 Å². The molecule has 1 heterocycles. The van der Waals surface area contributed by atoms with E-state index in [4.69, 9.17) is 5.11 Å². The summed E-state index contributed by atoms with van der Waals surface area (Å²) < 4.78 is 0. The fourth-order valence-electron chi connectivity index (χ4n) is 1.52. The number of hydrogen-bond acceptors (Lipinski definition) is 4. The van der Waals surface area contributed by atoms with Crippen molar-refractivity contribution in [1.82, 2.24) is 15.6 Å². The van der Waals surface area contributed by atoms with Crippen LogP contribution >= 0.6 is 11.3 Å². The van der Waals surface area contributed by atoms with Gasteiger partial charge in [-0.1, -0.05) is 13.8 Å². The van der Waals surface area contributed by atoms with Crippen molar-refractivity contribution in [1.29, 1.82) is 0 Å². The molecule has 2 amide bonds. The van der Waals surface area contributed by atoms with Gasteiger partial charge in [0.1, 0.15) is 0 Å². The summed E-state index contributed by atoms with van der Waals surface area (Å²) in [6.07, 6.45) is 2.33. The van der Waals surface area contributed by atoms with E-state index in [1.165, 1.54) is 0 Å². The highest BCUT2D eigenvalue weighted by molar-refractivity contribution is 7.09. The van der Waals surface area contributed by atoms with Crippen molar-refractivity contribution in [2.24, 2.45) is 5.92 Å². The van der Waals surface area contributed by atoms with Crippen LogP contribution in [0.15, 0.2) is 11.6 Å². The normalized spacial score (nSPS) is 12.2. The highest BCUT2D eigenvalue weighted by atomic mass is 32.1. The molecule has 106 valence electrons. The van der Waals surface area contributed by atoms with Gasteiger partial charge in [-0.15, -0.1) is 11.3 Å². The molecule has 1 atom stereocenters. The van der Waals surface area contributed by atoms with Gasteiger partial charge in [0.15, 0.2) is 0 Å². The maximum atomic E-state index is 11.6. The monoisotopic (exact) mass is 285 g/mol. The van der Waals surface area contributed by atoms with E-state index in [0.29, 0.717) is 13.0 Å². The molecule has 0 bridgehead atoms. The molecule has 7 heteroatoms. The third kappa shape index (κ3) is 6.19. The van der Waals surface area contributed by atoms with Crippen LogP contribution in [-0.2, 0) is 11.2 Å². The Morgan fingerprint density at radius 3 is 2.74 bits per heavy atom. The van der Waals surface area contributed by atoms with E-state index in [2.05, 4.69) is 15.6 Å². The molecule has 1 unspecified atom stereocenters. The van der Waals surface area contributed by atoms with Crippen molar-refractivity contribution in [2.45, 2.75) is 32.7 Å². The molecule has 0 aromatic carbocycles. The van der Waals surface area contributed by atoms with Crippen LogP contribution in [0.2, 0.25) is 0 Å². The molecule has 3 N–H and O–H groups in total. The molecule has 0 aliphatic heterocycles. The van der Waals surface area contributed by atoms with Gasteiger partial charge in [0, 0.05) is 30.6 Å². The Labute approximate surface area is 116 Å². The first kappa shape index (κ1) is 15.4. The molecule has 0 saturated heterocycles. The smallest absolute Gasteiger partial charge is 0.315 e. The standard InChI is InChI=1S/C12H19N3O3S/c1-8(2)9(7-11(16)17)15-12(18)14-4-3-10-13-5-6-19-10/h5-6,8-9H,3-4,7H2,1-2H3,(H,16,17)(H2,14,15,18). The quantitative estimate of drug-likeness (QED) is 0.707. The summed E-state index contributed by atoms with van der Waals surface area (Å²) in [4.78, 5) is 26.4. The van der Waals surface area contributed by atoms with Gasteiger partial charge in [0.2, 0.25) is 0 Å². The van der Waals surface area contributed by atoms with Crippen molar-refractivity contribution in [3.05, 3.63) is 16.6 Å². The summed E-state index contributed by atoms with van der Waals surface area (Å²) in [6, 6.07) is -0.700. The number of amides is 2. The van der Waals surface area contributed by atoms with E-state index in [1.807, 2.05) is 19.2 Å². The van der Waals surface area contributed by atoms with Gasteiger partial charge in [-0.25, -0.2) is 9.78 Å². The first-order valence-corrected chi connectivity index (χ1v) is 7.01. The van der Waals surface area contributed by atoms with Crippen LogP contribution < -0.4 is 10.6 Å². The summed E-state index contributed by atoms with van der Waals surface area (Å²) in [7, 11) is 0. The van der Waals surface area contributed by atoms with Gasteiger partial charge in [-0.3, -0.25) is 4.79 Å². The molecule has 1 rings (SSSR count). The number of rotatable bonds is 7. The van der Waals surface area contributed by atoms with E-state index >= 15 is 0 Å². The molecule has 0 radical (unpaired) electrons. The average molecular weight is 285 g/mol. The van der Waals surface area contributed by atoms with Crippen molar-refractivity contribution < 1.29 is 14.7 Å². The van der Waals surface area contributed by atoms with Gasteiger partial charge in [-0.05, 0) is 5.92 Å². The van der Waals surface area contributed by atoms with Crippen LogP contribution in [0, 0.1) is 5.92 Å². The zero-order valence-electron chi connectivity index (χ0n) is 11.0. The molecule has 6 nitrogen and oxygen atoms in total. The van der Waals surface area contributed by atoms with Gasteiger partial charge < -0.3 is 15.7 Å². The van der Waals surface area contributed by atoms with Crippen molar-refractivity contribution in [3.63, 3.8) is 0 Å². The molecular formula is C12H19N3O3S. The summed E-state index contributed by atoms with van der Waals surface area (Å²) in [6.45, 7) is 4.24. The molecule has 0 spiro atoms. The lowest BCUT2D eigenvalue weighted by atomic mass is 10.0. The molecule has 1 aromatic heterocycles. The minimum atomic E-state index is -0.915. The van der Waals surface area contributed by atoms with Crippen molar-refractivity contribution >= 4 is 23.3 Å². The first-order chi connectivity index (χ1) is 8.99. The molecule has 0 aliphatic rings. The van der Waals surface area contributed by atoms with Crippen LogP contribution in [0.5, 0.6) is 0 Å². The lowest BCUT2D eigenvalue weighted by Gasteiger charge is -2.20. The van der Waals surface area contributed by atoms with Crippen molar-refractivity contribution in [2.75, 3.05) is 6.54 Å². The molecule has 0 fully saturated rings. The number of carboxylic acid groups (broad SMARTS) is 1. The molecule has 0 saturated carbocycles. The zero-order chi connectivity index (χ0) is 14.3. The number of carbonyl (C=O) groups excluding carboxylic acids is 1. The second kappa shape index (κ2) is 7.73. The Kier molecular flexibility index (Phi) is 6.27. The van der Waals surface area contributed by atoms with Crippen LogP contribution in [-0.4, -0.2) is 34.7 Å². The van der Waals surface area contributed by atoms with Gasteiger partial charge >= 0.3 is 12.0 Å². The minimum Gasteiger partial charge on any atom is -0.481 e. The fourth-order valence-corrected chi connectivity index (χ4v) is 2.14. The van der Waals surface area contributed by atoms with Gasteiger partial charge in [0.25, 0.3) is 0 Å². The highest BCUT2D eigenvalue weighted by Crippen LogP contribution is 2.06. The predicted molar refractivity (Wildman–Crippen MR) is 73.2 cm³/mol. The topological polar surface area (TPSA) is 91.3 Å². The highest BCUT2D eigenvalue weighted by Gasteiger charge is 2.19. The SMILES string of the molecule is CC(C)C(CC(=O)O)NC(=O)NCCc1nccs1. The molecule has 19 heavy (non-hydrogen) atoms. The van der Waals surface area contributed by atoms with Crippen LogP contribution in [0.25, 0.3) is 0 Å². The summed E-state index contributed by atoms with van der Waals surface area (Å²) in [5.74, 6) is -0.845. The number of urea groups is 1. The largest absolute Gasteiger partial charge is 0.481 e. The lowest BCUT2D eigenvalue weighted by Crippen LogP contribution is -2.45. The van der Waals surface area contributed by atoms with Gasteiger partial charge in [-0.2, -0.15) is 0 Å². The van der Waals surface area contributed by atoms with Gasteiger partial charge in [0.05, 0.1) is 11.4 Å². The van der Waals surface area contributed by atoms with E-state index in [1.54, 1.807) is 17.5 Å². The van der Waals surface area contributed by atoms with E-state index in [0.717, 1.165) is 5.01 Å². The molecule has 0 aliphatic carbocycles. The second-order valence-electron chi connectivity index (χ2n) is 4.52. The average Bonchev–Trinajstić information content (AvgIpc) is 2.80. The fraction of sp³-hybridized carbons (Fsp3) is 0.583. The zero-order valence-corrected chi connectivity index (χ0v) is 11.9. The number of carbonyl (C=O) groups is 2. The number of nitrogens with zero attached hydrogens (tertiary/aromatic N) is 1. The number of carboxylic acids is 1. The Balaban J connectivity index is 2.29. The van der Waals surface area contributed by atoms with E-state index in [9.17, 15) is 9.59 Å². The maximum Gasteiger partial charge on any atom is 0.315 e. The third-order valence-corrected chi connectivity index (χ3v) is 3.46. The third-order valence-electron chi connectivity index (χ3n) is 2.62. The summed E-state index contributed by atoms with van der Waals surface area (Å²) >= 11 is 1.54. The van der Waals surface area contributed by atoms with E-state index < -0.39 is 5.97 Å². The first-order valence-electron chi connectivity index (χ1n) is 6.13. The lowest BCUT2D eigenvalue weighted by molar-refractivity contribution is -0.137. The molecular weight excluding hydrogens is 266 g/mol. The predicted octanol–water partition coefficient (Wildman–Crippen LogP) is 1.48. The van der Waals surface area contributed by atoms with Crippen LogP contribution in [0.1, 0.15) is 25.3 Å². The van der Waals surface area contributed by atoms with Crippen LogP contribution in [0.3, 0.4) is 0 Å². The Bertz CT molecular complexity index is 406.